The van der Waals surface area contributed by atoms with Crippen LogP contribution < -0.4 is 14.5 Å². The first-order chi connectivity index (χ1) is 17.1. The van der Waals surface area contributed by atoms with E-state index in [1.54, 1.807) is 7.11 Å². The van der Waals surface area contributed by atoms with Gasteiger partial charge in [0.25, 0.3) is 0 Å². The highest BCUT2D eigenvalue weighted by Gasteiger charge is 2.31. The molecule has 3 heterocycles. The van der Waals surface area contributed by atoms with Gasteiger partial charge in [0.05, 0.1) is 12.6 Å². The Morgan fingerprint density at radius 3 is 2.34 bits per heavy atom. The predicted molar refractivity (Wildman–Crippen MR) is 143 cm³/mol. The lowest BCUT2D eigenvalue weighted by Gasteiger charge is -2.34. The summed E-state index contributed by atoms with van der Waals surface area (Å²) in [4.78, 5) is 17.6. The molecule has 2 aromatic carbocycles. The molecule has 6 heteroatoms. The molecule has 3 fully saturated rings. The first-order valence-corrected chi connectivity index (χ1v) is 13.2. The minimum Gasteiger partial charge on any atom is -0.496 e. The van der Waals surface area contributed by atoms with E-state index in [0.717, 1.165) is 61.9 Å². The maximum atomic E-state index is 5.66. The molecule has 2 aliphatic heterocycles. The van der Waals surface area contributed by atoms with Gasteiger partial charge in [-0.05, 0) is 81.9 Å². The molecule has 0 amide bonds. The summed E-state index contributed by atoms with van der Waals surface area (Å²) < 4.78 is 5.66. The Labute approximate surface area is 208 Å². The third kappa shape index (κ3) is 4.44. The zero-order chi connectivity index (χ0) is 23.9. The van der Waals surface area contributed by atoms with Crippen molar-refractivity contribution in [2.45, 2.75) is 50.0 Å². The summed E-state index contributed by atoms with van der Waals surface area (Å²) in [7, 11) is 6.15. The number of rotatable bonds is 6. The Bertz CT molecular complexity index is 1200. The van der Waals surface area contributed by atoms with Crippen molar-refractivity contribution in [3.05, 3.63) is 53.9 Å². The SMILES string of the molecule is COc1ccccc1C1CCN(c2nc(C3CC3)nc3ccc(N4CC[C@H](N(C)C)C4)cc23)CC1. The van der Waals surface area contributed by atoms with Crippen molar-refractivity contribution < 1.29 is 4.74 Å². The average molecular weight is 472 g/mol. The van der Waals surface area contributed by atoms with Crippen molar-refractivity contribution in [2.24, 2.45) is 0 Å². The quantitative estimate of drug-likeness (QED) is 0.502. The summed E-state index contributed by atoms with van der Waals surface area (Å²) in [6, 6.07) is 16.0. The summed E-state index contributed by atoms with van der Waals surface area (Å²) in [6.07, 6.45) is 5.88. The van der Waals surface area contributed by atoms with Gasteiger partial charge in [0.2, 0.25) is 0 Å². The second-order valence-electron chi connectivity index (χ2n) is 10.7. The average Bonchev–Trinajstić information content (AvgIpc) is 3.63. The summed E-state index contributed by atoms with van der Waals surface area (Å²) in [6.45, 7) is 4.21. The second-order valence-corrected chi connectivity index (χ2v) is 10.7. The van der Waals surface area contributed by atoms with E-state index < -0.39 is 0 Å². The molecule has 0 bridgehead atoms. The van der Waals surface area contributed by atoms with Crippen molar-refractivity contribution in [1.82, 2.24) is 14.9 Å². The maximum absolute atomic E-state index is 5.66. The number of hydrogen-bond acceptors (Lipinski definition) is 6. The van der Waals surface area contributed by atoms with Crippen molar-refractivity contribution in [3.63, 3.8) is 0 Å². The van der Waals surface area contributed by atoms with Crippen LogP contribution in [0.15, 0.2) is 42.5 Å². The molecule has 1 saturated carbocycles. The first-order valence-electron chi connectivity index (χ1n) is 13.2. The molecule has 35 heavy (non-hydrogen) atoms. The van der Waals surface area contributed by atoms with Gasteiger partial charge >= 0.3 is 0 Å². The van der Waals surface area contributed by atoms with Crippen molar-refractivity contribution in [1.29, 1.82) is 0 Å². The van der Waals surface area contributed by atoms with Crippen LogP contribution in [0.25, 0.3) is 10.9 Å². The Kier molecular flexibility index (Phi) is 6.01. The van der Waals surface area contributed by atoms with Crippen LogP contribution in [0.3, 0.4) is 0 Å². The van der Waals surface area contributed by atoms with Crippen LogP contribution in [0.4, 0.5) is 11.5 Å². The molecule has 0 unspecified atom stereocenters. The Morgan fingerprint density at radius 1 is 0.857 bits per heavy atom. The highest BCUT2D eigenvalue weighted by Crippen LogP contribution is 2.42. The van der Waals surface area contributed by atoms with Gasteiger partial charge in [-0.3, -0.25) is 0 Å². The van der Waals surface area contributed by atoms with E-state index >= 15 is 0 Å². The van der Waals surface area contributed by atoms with E-state index in [4.69, 9.17) is 14.7 Å². The molecule has 6 rings (SSSR count). The number of benzene rings is 2. The molecule has 0 N–H and O–H groups in total. The summed E-state index contributed by atoms with van der Waals surface area (Å²) in [5.41, 5.74) is 3.73. The Balaban J connectivity index is 1.29. The lowest BCUT2D eigenvalue weighted by Crippen LogP contribution is -2.34. The molecule has 1 atom stereocenters. The molecule has 2 saturated heterocycles. The third-order valence-corrected chi connectivity index (χ3v) is 8.25. The van der Waals surface area contributed by atoms with Crippen LogP contribution in [0.2, 0.25) is 0 Å². The van der Waals surface area contributed by atoms with Crippen LogP contribution in [0.5, 0.6) is 5.75 Å². The van der Waals surface area contributed by atoms with Crippen LogP contribution in [-0.4, -0.2) is 68.3 Å². The van der Waals surface area contributed by atoms with Gasteiger partial charge in [0.15, 0.2) is 0 Å². The molecule has 1 aliphatic carbocycles. The number of piperidine rings is 1. The Hall–Kier alpha value is -2.86. The van der Waals surface area contributed by atoms with Gasteiger partial charge in [0.1, 0.15) is 17.4 Å². The fraction of sp³-hybridized carbons (Fsp3) is 0.517. The van der Waals surface area contributed by atoms with Crippen LogP contribution >= 0.6 is 0 Å². The predicted octanol–water partition coefficient (Wildman–Crippen LogP) is 5.04. The monoisotopic (exact) mass is 471 g/mol. The van der Waals surface area contributed by atoms with E-state index in [-0.39, 0.29) is 0 Å². The number of likely N-dealkylation sites (N-methyl/N-ethyl adjacent to an activating group) is 1. The highest BCUT2D eigenvalue weighted by atomic mass is 16.5. The molecular weight excluding hydrogens is 434 g/mol. The maximum Gasteiger partial charge on any atom is 0.140 e. The zero-order valence-electron chi connectivity index (χ0n) is 21.3. The zero-order valence-corrected chi connectivity index (χ0v) is 21.3. The first kappa shape index (κ1) is 22.6. The van der Waals surface area contributed by atoms with Crippen molar-refractivity contribution in [2.75, 3.05) is 57.2 Å². The molecular formula is C29H37N5O. The fourth-order valence-electron chi connectivity index (χ4n) is 5.88. The molecule has 6 nitrogen and oxygen atoms in total. The second kappa shape index (κ2) is 9.30. The number of aromatic nitrogens is 2. The van der Waals surface area contributed by atoms with Crippen LogP contribution in [-0.2, 0) is 0 Å². The van der Waals surface area contributed by atoms with E-state index in [2.05, 4.69) is 71.3 Å². The topological polar surface area (TPSA) is 44.7 Å². The minimum atomic E-state index is 0.529. The van der Waals surface area contributed by atoms with Gasteiger partial charge in [-0.2, -0.15) is 0 Å². The number of ether oxygens (including phenoxy) is 1. The number of methoxy groups -OCH3 is 1. The minimum absolute atomic E-state index is 0.529. The van der Waals surface area contributed by atoms with Gasteiger partial charge in [-0.1, -0.05) is 18.2 Å². The van der Waals surface area contributed by atoms with E-state index in [1.807, 2.05) is 0 Å². The van der Waals surface area contributed by atoms with E-state index in [9.17, 15) is 0 Å². The summed E-state index contributed by atoms with van der Waals surface area (Å²) in [5, 5.41) is 1.20. The summed E-state index contributed by atoms with van der Waals surface area (Å²) >= 11 is 0. The lowest BCUT2D eigenvalue weighted by atomic mass is 9.88. The molecule has 0 spiro atoms. The fourth-order valence-corrected chi connectivity index (χ4v) is 5.88. The molecule has 3 aliphatic rings. The standard InChI is InChI=1S/C29H37N5O/c1-32(2)23-14-17-34(19-23)22-10-11-26-25(18-22)29(31-28(30-26)21-8-9-21)33-15-12-20(13-16-33)24-6-4-5-7-27(24)35-3/h4-7,10-11,18,20-21,23H,8-9,12-17,19H2,1-3H3/t23-/m0/s1. The number of para-hydroxylation sites is 1. The summed E-state index contributed by atoms with van der Waals surface area (Å²) in [5.74, 6) is 4.27. The number of nitrogens with zero attached hydrogens (tertiary/aromatic N) is 5. The lowest BCUT2D eigenvalue weighted by molar-refractivity contribution is 0.315. The van der Waals surface area contributed by atoms with Crippen LogP contribution in [0, 0.1) is 0 Å². The Morgan fingerprint density at radius 2 is 1.63 bits per heavy atom. The number of hydrogen-bond donors (Lipinski definition) is 0. The van der Waals surface area contributed by atoms with E-state index in [1.165, 1.54) is 35.9 Å². The van der Waals surface area contributed by atoms with Crippen molar-refractivity contribution >= 4 is 22.4 Å². The molecule has 3 aromatic rings. The molecule has 0 radical (unpaired) electrons. The third-order valence-electron chi connectivity index (χ3n) is 8.25. The number of anilines is 2. The van der Waals surface area contributed by atoms with Gasteiger partial charge in [0, 0.05) is 49.2 Å². The molecule has 184 valence electrons. The molecule has 1 aromatic heterocycles. The van der Waals surface area contributed by atoms with E-state index in [0.29, 0.717) is 17.9 Å². The number of fused-ring (bicyclic) bond motifs is 1. The largest absolute Gasteiger partial charge is 0.496 e. The van der Waals surface area contributed by atoms with Crippen LogP contribution in [0.1, 0.15) is 55.3 Å². The van der Waals surface area contributed by atoms with Crippen molar-refractivity contribution in [3.8, 4) is 5.75 Å². The van der Waals surface area contributed by atoms with Gasteiger partial charge in [-0.25, -0.2) is 9.97 Å². The highest BCUT2D eigenvalue weighted by molar-refractivity contribution is 5.92. The van der Waals surface area contributed by atoms with Gasteiger partial charge < -0.3 is 19.4 Å². The van der Waals surface area contributed by atoms with Gasteiger partial charge in [-0.15, -0.1) is 0 Å². The smallest absolute Gasteiger partial charge is 0.140 e. The normalized spacial score (nSPS) is 21.3.